The molecule has 1 aliphatic rings. The van der Waals surface area contributed by atoms with Crippen molar-refractivity contribution in [2.45, 2.75) is 25.7 Å². The standard InChI is InChI=1S/C12H12N2O2/c15-13-7-12-14-10-5-8-3-1-2-4-9(8)6-11(10)16-12/h5-7,15H,1-4H2/b13-7-. The van der Waals surface area contributed by atoms with Gasteiger partial charge in [-0.1, -0.05) is 5.16 Å². The van der Waals surface area contributed by atoms with E-state index in [1.807, 2.05) is 0 Å². The van der Waals surface area contributed by atoms with Crippen molar-refractivity contribution >= 4 is 17.3 Å². The number of hydrogen-bond acceptors (Lipinski definition) is 4. The molecular formula is C12H12N2O2. The minimum Gasteiger partial charge on any atom is -0.435 e. The maximum Gasteiger partial charge on any atom is 0.241 e. The molecule has 3 rings (SSSR count). The maximum absolute atomic E-state index is 8.43. The molecular weight excluding hydrogens is 204 g/mol. The zero-order chi connectivity index (χ0) is 11.0. The van der Waals surface area contributed by atoms with E-state index >= 15 is 0 Å². The molecule has 1 N–H and O–H groups in total. The lowest BCUT2D eigenvalue weighted by atomic mass is 9.91. The number of aryl methyl sites for hydroxylation is 2. The molecule has 4 heteroatoms. The molecule has 0 saturated carbocycles. The van der Waals surface area contributed by atoms with Crippen molar-refractivity contribution in [2.24, 2.45) is 5.16 Å². The van der Waals surface area contributed by atoms with Gasteiger partial charge in [-0.25, -0.2) is 4.98 Å². The van der Waals surface area contributed by atoms with Crippen LogP contribution in [0.25, 0.3) is 11.1 Å². The fourth-order valence-corrected chi connectivity index (χ4v) is 2.28. The molecule has 0 amide bonds. The molecule has 1 aromatic heterocycles. The average molecular weight is 216 g/mol. The number of rotatable bonds is 1. The Morgan fingerprint density at radius 1 is 1.25 bits per heavy atom. The summed E-state index contributed by atoms with van der Waals surface area (Å²) in [5.41, 5.74) is 4.35. The third-order valence-corrected chi connectivity index (χ3v) is 3.04. The van der Waals surface area contributed by atoms with Crippen molar-refractivity contribution in [2.75, 3.05) is 0 Å². The zero-order valence-corrected chi connectivity index (χ0v) is 8.81. The predicted molar refractivity (Wildman–Crippen MR) is 60.0 cm³/mol. The number of oxazole rings is 1. The maximum atomic E-state index is 8.43. The van der Waals surface area contributed by atoms with E-state index in [1.54, 1.807) is 0 Å². The first-order chi connectivity index (χ1) is 7.86. The summed E-state index contributed by atoms with van der Waals surface area (Å²) < 4.78 is 5.45. The first kappa shape index (κ1) is 9.39. The molecule has 0 bridgehead atoms. The number of aromatic nitrogens is 1. The Labute approximate surface area is 92.6 Å². The van der Waals surface area contributed by atoms with Crippen LogP contribution < -0.4 is 0 Å². The second-order valence-electron chi connectivity index (χ2n) is 4.09. The van der Waals surface area contributed by atoms with Crippen molar-refractivity contribution in [3.63, 3.8) is 0 Å². The van der Waals surface area contributed by atoms with Crippen molar-refractivity contribution < 1.29 is 9.62 Å². The summed E-state index contributed by atoms with van der Waals surface area (Å²) in [7, 11) is 0. The molecule has 2 aromatic rings. The van der Waals surface area contributed by atoms with Gasteiger partial charge in [0.1, 0.15) is 11.7 Å². The van der Waals surface area contributed by atoms with Crippen LogP contribution in [0.1, 0.15) is 29.9 Å². The highest BCUT2D eigenvalue weighted by Gasteiger charge is 2.13. The first-order valence-electron chi connectivity index (χ1n) is 5.46. The van der Waals surface area contributed by atoms with Gasteiger partial charge in [0.05, 0.1) is 0 Å². The van der Waals surface area contributed by atoms with Gasteiger partial charge in [0, 0.05) is 0 Å². The summed E-state index contributed by atoms with van der Waals surface area (Å²) >= 11 is 0. The van der Waals surface area contributed by atoms with Gasteiger partial charge in [0.25, 0.3) is 0 Å². The topological polar surface area (TPSA) is 58.6 Å². The van der Waals surface area contributed by atoms with Crippen molar-refractivity contribution in [3.05, 3.63) is 29.2 Å². The smallest absolute Gasteiger partial charge is 0.241 e. The molecule has 0 fully saturated rings. The van der Waals surface area contributed by atoms with E-state index in [2.05, 4.69) is 22.3 Å². The largest absolute Gasteiger partial charge is 0.435 e. The summed E-state index contributed by atoms with van der Waals surface area (Å²) in [5.74, 6) is 0.347. The van der Waals surface area contributed by atoms with Gasteiger partial charge in [-0.3, -0.25) is 0 Å². The minimum absolute atomic E-state index is 0.347. The summed E-state index contributed by atoms with van der Waals surface area (Å²) in [6.45, 7) is 0. The molecule has 4 nitrogen and oxygen atoms in total. The summed E-state index contributed by atoms with van der Waals surface area (Å²) in [5, 5.41) is 11.3. The fraction of sp³-hybridized carbons (Fsp3) is 0.333. The highest BCUT2D eigenvalue weighted by atomic mass is 16.4. The van der Waals surface area contributed by atoms with Gasteiger partial charge in [0.15, 0.2) is 5.58 Å². The Morgan fingerprint density at radius 2 is 2.00 bits per heavy atom. The van der Waals surface area contributed by atoms with E-state index < -0.39 is 0 Å². The molecule has 0 spiro atoms. The minimum atomic E-state index is 0.347. The van der Waals surface area contributed by atoms with Crippen molar-refractivity contribution in [3.8, 4) is 0 Å². The third-order valence-electron chi connectivity index (χ3n) is 3.04. The van der Waals surface area contributed by atoms with E-state index in [0.29, 0.717) is 5.89 Å². The number of oxime groups is 1. The molecule has 0 saturated heterocycles. The van der Waals surface area contributed by atoms with Crippen LogP contribution in [0.2, 0.25) is 0 Å². The van der Waals surface area contributed by atoms with Gasteiger partial charge in [-0.05, 0) is 48.9 Å². The highest BCUT2D eigenvalue weighted by Crippen LogP contribution is 2.26. The fourth-order valence-electron chi connectivity index (χ4n) is 2.28. The normalized spacial score (nSPS) is 15.8. The second-order valence-corrected chi connectivity index (χ2v) is 4.09. The van der Waals surface area contributed by atoms with Gasteiger partial charge in [-0.15, -0.1) is 0 Å². The van der Waals surface area contributed by atoms with Crippen molar-refractivity contribution in [1.29, 1.82) is 0 Å². The van der Waals surface area contributed by atoms with Crippen LogP contribution in [-0.2, 0) is 12.8 Å². The van der Waals surface area contributed by atoms with Crippen LogP contribution in [-0.4, -0.2) is 16.4 Å². The zero-order valence-electron chi connectivity index (χ0n) is 8.81. The average Bonchev–Trinajstić information content (AvgIpc) is 2.67. The van der Waals surface area contributed by atoms with Gasteiger partial charge in [-0.2, -0.15) is 0 Å². The lowest BCUT2D eigenvalue weighted by Gasteiger charge is -2.14. The van der Waals surface area contributed by atoms with E-state index in [-0.39, 0.29) is 0 Å². The summed E-state index contributed by atoms with van der Waals surface area (Å²) in [4.78, 5) is 4.23. The monoisotopic (exact) mass is 216 g/mol. The lowest BCUT2D eigenvalue weighted by Crippen LogP contribution is -2.01. The Kier molecular flexibility index (Phi) is 2.13. The molecule has 0 atom stereocenters. The Hall–Kier alpha value is -1.84. The van der Waals surface area contributed by atoms with Crippen LogP contribution in [0.3, 0.4) is 0 Å². The van der Waals surface area contributed by atoms with Crippen molar-refractivity contribution in [1.82, 2.24) is 4.98 Å². The molecule has 16 heavy (non-hydrogen) atoms. The number of hydrogen-bond donors (Lipinski definition) is 1. The Morgan fingerprint density at radius 3 is 2.75 bits per heavy atom. The summed E-state index contributed by atoms with van der Waals surface area (Å²) in [6, 6.07) is 4.15. The van der Waals surface area contributed by atoms with Crippen LogP contribution in [0, 0.1) is 0 Å². The Balaban J connectivity index is 2.16. The summed E-state index contributed by atoms with van der Waals surface area (Å²) in [6.07, 6.45) is 5.95. The Bertz CT molecular complexity index is 514. The number of nitrogens with zero attached hydrogens (tertiary/aromatic N) is 2. The lowest BCUT2D eigenvalue weighted by molar-refractivity contribution is 0.320. The van der Waals surface area contributed by atoms with Crippen LogP contribution >= 0.6 is 0 Å². The van der Waals surface area contributed by atoms with Crippen LogP contribution in [0.15, 0.2) is 21.7 Å². The van der Waals surface area contributed by atoms with Gasteiger partial charge >= 0.3 is 0 Å². The quantitative estimate of drug-likeness (QED) is 0.452. The molecule has 1 aromatic carbocycles. The SMILES string of the molecule is O/N=C\c1nc2cc3c(cc2o1)CCCC3. The van der Waals surface area contributed by atoms with E-state index in [1.165, 1.54) is 30.2 Å². The first-order valence-corrected chi connectivity index (χ1v) is 5.46. The van der Waals surface area contributed by atoms with E-state index in [0.717, 1.165) is 23.9 Å². The second kappa shape index (κ2) is 3.63. The molecule has 1 heterocycles. The van der Waals surface area contributed by atoms with E-state index in [9.17, 15) is 0 Å². The molecule has 0 radical (unpaired) electrons. The number of fused-ring (bicyclic) bond motifs is 2. The molecule has 0 unspecified atom stereocenters. The molecule has 0 aliphatic heterocycles. The van der Waals surface area contributed by atoms with Crippen LogP contribution in [0.5, 0.6) is 0 Å². The predicted octanol–water partition coefficient (Wildman–Crippen LogP) is 2.51. The van der Waals surface area contributed by atoms with E-state index in [4.69, 9.17) is 9.62 Å². The molecule has 82 valence electrons. The highest BCUT2D eigenvalue weighted by molar-refractivity contribution is 5.81. The van der Waals surface area contributed by atoms with Gasteiger partial charge in [0.2, 0.25) is 5.89 Å². The van der Waals surface area contributed by atoms with Crippen LogP contribution in [0.4, 0.5) is 0 Å². The third kappa shape index (κ3) is 1.46. The number of benzene rings is 1. The molecule has 1 aliphatic carbocycles. The van der Waals surface area contributed by atoms with Gasteiger partial charge < -0.3 is 9.62 Å².